The van der Waals surface area contributed by atoms with Gasteiger partial charge in [-0.15, -0.1) is 0 Å². The van der Waals surface area contributed by atoms with E-state index in [0.717, 1.165) is 22.4 Å². The molecule has 0 aliphatic rings. The monoisotopic (exact) mass is 389 g/mol. The first-order valence-corrected chi connectivity index (χ1v) is 9.84. The maximum absolute atomic E-state index is 13.1. The van der Waals surface area contributed by atoms with Crippen molar-refractivity contribution in [1.82, 2.24) is 5.32 Å². The Morgan fingerprint density at radius 2 is 1.52 bits per heavy atom. The summed E-state index contributed by atoms with van der Waals surface area (Å²) < 4.78 is 11.1. The van der Waals surface area contributed by atoms with Crippen LogP contribution in [0.5, 0.6) is 11.5 Å². The van der Waals surface area contributed by atoms with Crippen molar-refractivity contribution in [2.75, 3.05) is 7.11 Å². The van der Waals surface area contributed by atoms with Crippen molar-refractivity contribution in [2.24, 2.45) is 0 Å². The average molecular weight is 389 g/mol. The molecule has 1 amide bonds. The van der Waals surface area contributed by atoms with Gasteiger partial charge >= 0.3 is 0 Å². The van der Waals surface area contributed by atoms with E-state index in [2.05, 4.69) is 24.4 Å². The van der Waals surface area contributed by atoms with Crippen molar-refractivity contribution >= 4 is 5.91 Å². The maximum Gasteiger partial charge on any atom is 0.261 e. The third kappa shape index (κ3) is 5.17. The van der Waals surface area contributed by atoms with Gasteiger partial charge < -0.3 is 14.8 Å². The summed E-state index contributed by atoms with van der Waals surface area (Å²) in [6, 6.07) is 25.1. The second-order valence-corrected chi connectivity index (χ2v) is 6.90. The molecule has 0 spiro atoms. The molecule has 0 saturated carbocycles. The van der Waals surface area contributed by atoms with Gasteiger partial charge in [0.25, 0.3) is 5.91 Å². The molecule has 29 heavy (non-hydrogen) atoms. The first-order valence-electron chi connectivity index (χ1n) is 9.84. The number of carbonyl (C=O) groups is 1. The van der Waals surface area contributed by atoms with Crippen molar-refractivity contribution in [3.05, 3.63) is 95.6 Å². The second-order valence-electron chi connectivity index (χ2n) is 6.90. The van der Waals surface area contributed by atoms with E-state index in [-0.39, 0.29) is 11.9 Å². The molecule has 3 rings (SSSR count). The SMILES string of the molecule is CC[C@@H](Oc1ccc(OC)cc1)C(=O)N[C@H](c1ccccc1)c1ccccc1C. The van der Waals surface area contributed by atoms with Crippen molar-refractivity contribution in [1.29, 1.82) is 0 Å². The van der Waals surface area contributed by atoms with Gasteiger partial charge in [0, 0.05) is 0 Å². The molecule has 0 bridgehead atoms. The Hall–Kier alpha value is -3.27. The van der Waals surface area contributed by atoms with Crippen LogP contribution in [0.4, 0.5) is 0 Å². The van der Waals surface area contributed by atoms with E-state index in [0.29, 0.717) is 12.2 Å². The van der Waals surface area contributed by atoms with Crippen LogP contribution in [-0.2, 0) is 4.79 Å². The molecule has 150 valence electrons. The smallest absolute Gasteiger partial charge is 0.261 e. The van der Waals surface area contributed by atoms with Gasteiger partial charge in [-0.05, 0) is 54.3 Å². The van der Waals surface area contributed by atoms with Crippen LogP contribution in [0, 0.1) is 6.92 Å². The van der Waals surface area contributed by atoms with Crippen LogP contribution in [0.3, 0.4) is 0 Å². The zero-order valence-corrected chi connectivity index (χ0v) is 17.1. The summed E-state index contributed by atoms with van der Waals surface area (Å²) in [7, 11) is 1.62. The zero-order chi connectivity index (χ0) is 20.6. The van der Waals surface area contributed by atoms with Crippen LogP contribution < -0.4 is 14.8 Å². The zero-order valence-electron chi connectivity index (χ0n) is 17.1. The summed E-state index contributed by atoms with van der Waals surface area (Å²) in [4.78, 5) is 13.1. The summed E-state index contributed by atoms with van der Waals surface area (Å²) >= 11 is 0. The molecule has 0 fully saturated rings. The van der Waals surface area contributed by atoms with Gasteiger partial charge in [0.05, 0.1) is 13.2 Å². The third-order valence-electron chi connectivity index (χ3n) is 4.92. The highest BCUT2D eigenvalue weighted by Crippen LogP contribution is 2.26. The van der Waals surface area contributed by atoms with Gasteiger partial charge in [0.15, 0.2) is 6.10 Å². The lowest BCUT2D eigenvalue weighted by Crippen LogP contribution is -2.40. The van der Waals surface area contributed by atoms with E-state index in [1.54, 1.807) is 7.11 Å². The molecule has 1 N–H and O–H groups in total. The van der Waals surface area contributed by atoms with Gasteiger partial charge in [-0.1, -0.05) is 61.5 Å². The van der Waals surface area contributed by atoms with Gasteiger partial charge in [-0.2, -0.15) is 0 Å². The highest BCUT2D eigenvalue weighted by Gasteiger charge is 2.24. The number of benzene rings is 3. The predicted molar refractivity (Wildman–Crippen MR) is 115 cm³/mol. The van der Waals surface area contributed by atoms with Crippen molar-refractivity contribution in [2.45, 2.75) is 32.4 Å². The van der Waals surface area contributed by atoms with Crippen LogP contribution in [0.15, 0.2) is 78.9 Å². The van der Waals surface area contributed by atoms with E-state index in [4.69, 9.17) is 9.47 Å². The number of rotatable bonds is 8. The Morgan fingerprint density at radius 3 is 2.14 bits per heavy atom. The fraction of sp³-hybridized carbons (Fsp3) is 0.240. The van der Waals surface area contributed by atoms with E-state index in [1.807, 2.05) is 73.7 Å². The summed E-state index contributed by atoms with van der Waals surface area (Å²) in [6.07, 6.45) is -0.0220. The van der Waals surface area contributed by atoms with E-state index < -0.39 is 6.10 Å². The molecule has 3 aromatic rings. The lowest BCUT2D eigenvalue weighted by atomic mass is 9.94. The number of amides is 1. The summed E-state index contributed by atoms with van der Waals surface area (Å²) in [5.74, 6) is 1.25. The molecule has 2 atom stereocenters. The summed E-state index contributed by atoms with van der Waals surface area (Å²) in [5.41, 5.74) is 3.24. The molecule has 4 nitrogen and oxygen atoms in total. The minimum absolute atomic E-state index is 0.138. The van der Waals surface area contributed by atoms with Crippen LogP contribution >= 0.6 is 0 Å². The molecule has 0 heterocycles. The van der Waals surface area contributed by atoms with Crippen molar-refractivity contribution in [3.63, 3.8) is 0 Å². The Bertz CT molecular complexity index is 922. The molecule has 0 radical (unpaired) electrons. The molecule has 0 aromatic heterocycles. The van der Waals surface area contributed by atoms with Gasteiger partial charge in [0.2, 0.25) is 0 Å². The fourth-order valence-electron chi connectivity index (χ4n) is 3.27. The average Bonchev–Trinajstić information content (AvgIpc) is 2.77. The Kier molecular flexibility index (Phi) is 6.90. The molecule has 3 aromatic carbocycles. The van der Waals surface area contributed by atoms with Crippen LogP contribution in [0.1, 0.15) is 36.1 Å². The highest BCUT2D eigenvalue weighted by molar-refractivity contribution is 5.82. The molecular formula is C25H27NO3. The van der Waals surface area contributed by atoms with Crippen LogP contribution in [0.2, 0.25) is 0 Å². The van der Waals surface area contributed by atoms with Crippen LogP contribution in [-0.4, -0.2) is 19.1 Å². The lowest BCUT2D eigenvalue weighted by Gasteiger charge is -2.25. The molecule has 4 heteroatoms. The maximum atomic E-state index is 13.1. The molecule has 0 aliphatic heterocycles. The quantitative estimate of drug-likeness (QED) is 0.585. The number of carbonyl (C=O) groups excluding carboxylic acids is 1. The van der Waals surface area contributed by atoms with E-state index in [1.165, 1.54) is 0 Å². The van der Waals surface area contributed by atoms with E-state index >= 15 is 0 Å². The third-order valence-corrected chi connectivity index (χ3v) is 4.92. The fourth-order valence-corrected chi connectivity index (χ4v) is 3.27. The minimum Gasteiger partial charge on any atom is -0.497 e. The van der Waals surface area contributed by atoms with Gasteiger partial charge in [-0.25, -0.2) is 0 Å². The Morgan fingerprint density at radius 1 is 0.897 bits per heavy atom. The van der Waals surface area contributed by atoms with Crippen molar-refractivity contribution < 1.29 is 14.3 Å². The standard InChI is InChI=1S/C25H27NO3/c1-4-23(29-21-16-14-20(28-3)15-17-21)25(27)26-24(19-11-6-5-7-12-19)22-13-9-8-10-18(22)2/h5-17,23-24H,4H2,1-3H3,(H,26,27)/t23-,24-/m1/s1. The van der Waals surface area contributed by atoms with Gasteiger partial charge in [0.1, 0.15) is 11.5 Å². The van der Waals surface area contributed by atoms with Gasteiger partial charge in [-0.3, -0.25) is 4.79 Å². The first-order chi connectivity index (χ1) is 14.1. The molecular weight excluding hydrogens is 362 g/mol. The number of aryl methyl sites for hydroxylation is 1. The largest absolute Gasteiger partial charge is 0.497 e. The normalized spacial score (nSPS) is 12.7. The van der Waals surface area contributed by atoms with Crippen LogP contribution in [0.25, 0.3) is 0 Å². The second kappa shape index (κ2) is 9.78. The number of nitrogens with one attached hydrogen (secondary N) is 1. The summed E-state index contributed by atoms with van der Waals surface area (Å²) in [6.45, 7) is 4.00. The Balaban J connectivity index is 1.81. The Labute approximate surface area is 172 Å². The van der Waals surface area contributed by atoms with Crippen molar-refractivity contribution in [3.8, 4) is 11.5 Å². The van der Waals surface area contributed by atoms with E-state index in [9.17, 15) is 4.79 Å². The minimum atomic E-state index is -0.585. The first kappa shape index (κ1) is 20.5. The highest BCUT2D eigenvalue weighted by atomic mass is 16.5. The molecule has 0 aliphatic carbocycles. The lowest BCUT2D eigenvalue weighted by molar-refractivity contribution is -0.128. The number of hydrogen-bond acceptors (Lipinski definition) is 3. The number of methoxy groups -OCH3 is 1. The predicted octanol–water partition coefficient (Wildman–Crippen LogP) is 5.07. The summed E-state index contributed by atoms with van der Waals surface area (Å²) in [5, 5.41) is 3.20. The number of hydrogen-bond donors (Lipinski definition) is 1. The topological polar surface area (TPSA) is 47.6 Å². The molecule has 0 saturated heterocycles. The number of ether oxygens (including phenoxy) is 2. The molecule has 0 unspecified atom stereocenters.